The lowest BCUT2D eigenvalue weighted by molar-refractivity contribution is -0.137. The summed E-state index contributed by atoms with van der Waals surface area (Å²) in [4.78, 5) is 10.1. The first kappa shape index (κ1) is 11.4. The van der Waals surface area contributed by atoms with E-state index in [1.807, 2.05) is 6.92 Å². The molecule has 4 heteroatoms. The predicted molar refractivity (Wildman–Crippen MR) is 47.7 cm³/mol. The predicted octanol–water partition coefficient (Wildman–Crippen LogP) is 0.306. The molecule has 0 bridgehead atoms. The summed E-state index contributed by atoms with van der Waals surface area (Å²) in [7, 11) is 0. The van der Waals surface area contributed by atoms with Crippen LogP contribution in [0.25, 0.3) is 0 Å². The number of carboxylic acids is 1. The van der Waals surface area contributed by atoms with Crippen LogP contribution in [0.15, 0.2) is 0 Å². The van der Waals surface area contributed by atoms with Crippen molar-refractivity contribution in [3.8, 4) is 0 Å². The fourth-order valence-electron chi connectivity index (χ4n) is 0.919. The summed E-state index contributed by atoms with van der Waals surface area (Å²) < 4.78 is 0. The molecule has 4 nitrogen and oxygen atoms in total. The smallest absolute Gasteiger partial charge is 0.303 e. The van der Waals surface area contributed by atoms with Crippen molar-refractivity contribution < 1.29 is 9.90 Å². The van der Waals surface area contributed by atoms with Crippen LogP contribution in [0.2, 0.25) is 0 Å². The van der Waals surface area contributed by atoms with Crippen LogP contribution in [0, 0.1) is 0 Å². The van der Waals surface area contributed by atoms with Crippen molar-refractivity contribution in [2.45, 2.75) is 44.7 Å². The highest BCUT2D eigenvalue weighted by molar-refractivity contribution is 5.66. The Labute approximate surface area is 72.9 Å². The minimum absolute atomic E-state index is 0.00112. The van der Waals surface area contributed by atoms with Crippen molar-refractivity contribution in [2.24, 2.45) is 11.5 Å². The molecule has 0 amide bonds. The summed E-state index contributed by atoms with van der Waals surface area (Å²) in [5.74, 6) is -0.746. The molecular weight excluding hydrogens is 156 g/mol. The lowest BCUT2D eigenvalue weighted by Crippen LogP contribution is -2.38. The zero-order valence-electron chi connectivity index (χ0n) is 7.49. The molecule has 2 atom stereocenters. The van der Waals surface area contributed by atoms with Crippen molar-refractivity contribution in [3.63, 3.8) is 0 Å². The van der Waals surface area contributed by atoms with Crippen LogP contribution >= 0.6 is 0 Å². The summed E-state index contributed by atoms with van der Waals surface area (Å²) in [5.41, 5.74) is 11.2. The summed E-state index contributed by atoms with van der Waals surface area (Å²) in [6.45, 7) is 1.86. The van der Waals surface area contributed by atoms with Gasteiger partial charge in [-0.25, -0.2) is 0 Å². The maximum absolute atomic E-state index is 10.1. The number of hydrogen-bond donors (Lipinski definition) is 3. The third kappa shape index (κ3) is 6.12. The van der Waals surface area contributed by atoms with Crippen LogP contribution in [0.3, 0.4) is 0 Å². The summed E-state index contributed by atoms with van der Waals surface area (Å²) in [6.07, 6.45) is 2.57. The largest absolute Gasteiger partial charge is 0.481 e. The number of unbranched alkanes of at least 4 members (excludes halogenated alkanes) is 1. The number of aliphatic carboxylic acids is 1. The Bertz CT molecular complexity index is 137. The standard InChI is InChI=1S/C8H18N2O2/c1-6(9)7(10)4-2-3-5-8(11)12/h6-7H,2-5,9-10H2,1H3,(H,11,12)/t6-,7+/m1/s1. The minimum atomic E-state index is -0.746. The Morgan fingerprint density at radius 2 is 2.00 bits per heavy atom. The monoisotopic (exact) mass is 174 g/mol. The van der Waals surface area contributed by atoms with E-state index in [9.17, 15) is 4.79 Å². The fraction of sp³-hybridized carbons (Fsp3) is 0.875. The number of carboxylic acid groups (broad SMARTS) is 1. The lowest BCUT2D eigenvalue weighted by Gasteiger charge is -2.14. The normalized spacial score (nSPS) is 15.6. The number of rotatable bonds is 6. The molecule has 0 spiro atoms. The first-order valence-electron chi connectivity index (χ1n) is 4.27. The molecule has 0 heterocycles. The molecule has 0 saturated heterocycles. The fourth-order valence-corrected chi connectivity index (χ4v) is 0.919. The highest BCUT2D eigenvalue weighted by Crippen LogP contribution is 2.03. The van der Waals surface area contributed by atoms with Crippen molar-refractivity contribution in [1.82, 2.24) is 0 Å². The van der Waals surface area contributed by atoms with Crippen molar-refractivity contribution in [3.05, 3.63) is 0 Å². The van der Waals surface area contributed by atoms with Gasteiger partial charge in [0.25, 0.3) is 0 Å². The number of nitrogens with two attached hydrogens (primary N) is 2. The van der Waals surface area contributed by atoms with Crippen LogP contribution in [0.1, 0.15) is 32.6 Å². The molecule has 0 radical (unpaired) electrons. The van der Waals surface area contributed by atoms with Gasteiger partial charge in [0.1, 0.15) is 0 Å². The van der Waals surface area contributed by atoms with E-state index in [0.29, 0.717) is 6.42 Å². The van der Waals surface area contributed by atoms with Gasteiger partial charge in [0, 0.05) is 18.5 Å². The lowest BCUT2D eigenvalue weighted by atomic mass is 10.0. The molecule has 72 valence electrons. The number of carbonyl (C=O) groups is 1. The summed E-state index contributed by atoms with van der Waals surface area (Å²) in [6, 6.07) is -0.00590. The maximum Gasteiger partial charge on any atom is 0.303 e. The van der Waals surface area contributed by atoms with E-state index in [1.165, 1.54) is 0 Å². The molecule has 12 heavy (non-hydrogen) atoms. The topological polar surface area (TPSA) is 89.3 Å². The van der Waals surface area contributed by atoms with E-state index in [1.54, 1.807) is 0 Å². The van der Waals surface area contributed by atoms with Gasteiger partial charge in [-0.05, 0) is 19.8 Å². The van der Waals surface area contributed by atoms with Gasteiger partial charge < -0.3 is 16.6 Å². The average molecular weight is 174 g/mol. The van der Waals surface area contributed by atoms with Crippen LogP contribution in [0.5, 0.6) is 0 Å². The van der Waals surface area contributed by atoms with Crippen molar-refractivity contribution in [2.75, 3.05) is 0 Å². The van der Waals surface area contributed by atoms with Crippen LogP contribution in [0.4, 0.5) is 0 Å². The van der Waals surface area contributed by atoms with Gasteiger partial charge in [-0.1, -0.05) is 6.42 Å². The Hall–Kier alpha value is -0.610. The average Bonchev–Trinajstić information content (AvgIpc) is 1.97. The Balaban J connectivity index is 3.25. The molecule has 0 aromatic carbocycles. The van der Waals surface area contributed by atoms with E-state index in [0.717, 1.165) is 12.8 Å². The summed E-state index contributed by atoms with van der Waals surface area (Å²) >= 11 is 0. The van der Waals surface area contributed by atoms with Crippen molar-refractivity contribution >= 4 is 5.97 Å². The van der Waals surface area contributed by atoms with Gasteiger partial charge in [-0.2, -0.15) is 0 Å². The Morgan fingerprint density at radius 3 is 2.42 bits per heavy atom. The second-order valence-corrected chi connectivity index (χ2v) is 3.16. The molecule has 0 aromatic rings. The van der Waals surface area contributed by atoms with Gasteiger partial charge in [0.05, 0.1) is 0 Å². The van der Waals surface area contributed by atoms with Gasteiger partial charge in [-0.15, -0.1) is 0 Å². The van der Waals surface area contributed by atoms with Gasteiger partial charge >= 0.3 is 5.97 Å². The first-order valence-corrected chi connectivity index (χ1v) is 4.27. The van der Waals surface area contributed by atoms with Crippen LogP contribution in [-0.2, 0) is 4.79 Å². The van der Waals surface area contributed by atoms with E-state index < -0.39 is 5.97 Å². The third-order valence-electron chi connectivity index (χ3n) is 1.85. The van der Waals surface area contributed by atoms with Gasteiger partial charge in [-0.3, -0.25) is 4.79 Å². The van der Waals surface area contributed by atoms with Crippen LogP contribution < -0.4 is 11.5 Å². The molecular formula is C8H18N2O2. The van der Waals surface area contributed by atoms with Gasteiger partial charge in [0.2, 0.25) is 0 Å². The first-order chi connectivity index (χ1) is 5.54. The van der Waals surface area contributed by atoms with Crippen LogP contribution in [-0.4, -0.2) is 23.2 Å². The molecule has 0 aliphatic carbocycles. The van der Waals surface area contributed by atoms with Crippen molar-refractivity contribution in [1.29, 1.82) is 0 Å². The van der Waals surface area contributed by atoms with E-state index >= 15 is 0 Å². The molecule has 0 aliphatic heterocycles. The second kappa shape index (κ2) is 5.97. The summed E-state index contributed by atoms with van der Waals surface area (Å²) in [5, 5.41) is 8.33. The maximum atomic E-state index is 10.1. The molecule has 0 unspecified atom stereocenters. The highest BCUT2D eigenvalue weighted by Gasteiger charge is 2.07. The van der Waals surface area contributed by atoms with E-state index in [2.05, 4.69) is 0 Å². The second-order valence-electron chi connectivity index (χ2n) is 3.16. The molecule has 0 aromatic heterocycles. The molecule has 0 aliphatic rings. The Kier molecular flexibility index (Phi) is 5.66. The SMILES string of the molecule is C[C@@H](N)[C@@H](N)CCCCC(=O)O. The molecule has 5 N–H and O–H groups in total. The molecule has 0 fully saturated rings. The van der Waals surface area contributed by atoms with E-state index in [4.69, 9.17) is 16.6 Å². The third-order valence-corrected chi connectivity index (χ3v) is 1.85. The van der Waals surface area contributed by atoms with Gasteiger partial charge in [0.15, 0.2) is 0 Å². The highest BCUT2D eigenvalue weighted by atomic mass is 16.4. The molecule has 0 rings (SSSR count). The molecule has 0 saturated carbocycles. The Morgan fingerprint density at radius 1 is 1.42 bits per heavy atom. The quantitative estimate of drug-likeness (QED) is 0.505. The van der Waals surface area contributed by atoms with E-state index in [-0.39, 0.29) is 18.5 Å². The zero-order chi connectivity index (χ0) is 9.56. The zero-order valence-corrected chi connectivity index (χ0v) is 7.49. The minimum Gasteiger partial charge on any atom is -0.481 e. The number of hydrogen-bond acceptors (Lipinski definition) is 3.